The van der Waals surface area contributed by atoms with Crippen LogP contribution in [-0.4, -0.2) is 40.6 Å². The number of rotatable bonds is 5. The van der Waals surface area contributed by atoms with Crippen LogP contribution in [0.2, 0.25) is 0 Å². The third-order valence-corrected chi connectivity index (χ3v) is 5.39. The van der Waals surface area contributed by atoms with Gasteiger partial charge in [-0.15, -0.1) is 15.3 Å². The van der Waals surface area contributed by atoms with Crippen LogP contribution < -0.4 is 0 Å². The molecule has 0 aliphatic carbocycles. The van der Waals surface area contributed by atoms with E-state index in [2.05, 4.69) is 42.3 Å². The maximum absolute atomic E-state index is 4.30. The van der Waals surface area contributed by atoms with Crippen molar-refractivity contribution in [2.45, 2.75) is 25.0 Å². The Balaban J connectivity index is 1.49. The summed E-state index contributed by atoms with van der Waals surface area (Å²) in [7, 11) is 0. The Kier molecular flexibility index (Phi) is 3.51. The van der Waals surface area contributed by atoms with Crippen molar-refractivity contribution in [1.29, 1.82) is 0 Å². The molecule has 0 spiro atoms. The summed E-state index contributed by atoms with van der Waals surface area (Å²) in [5, 5.41) is 21.0. The van der Waals surface area contributed by atoms with Gasteiger partial charge in [0.2, 0.25) is 4.96 Å². The maximum Gasteiger partial charge on any atom is 0.217 e. The highest BCUT2D eigenvalue weighted by atomic mass is 32.2. The van der Waals surface area contributed by atoms with E-state index in [-0.39, 0.29) is 0 Å². The predicted molar refractivity (Wildman–Crippen MR) is 86.3 cm³/mol. The molecule has 112 valence electrons. The van der Waals surface area contributed by atoms with Crippen molar-refractivity contribution in [3.05, 3.63) is 30.1 Å². The van der Waals surface area contributed by atoms with Crippen molar-refractivity contribution >= 4 is 38.3 Å². The van der Waals surface area contributed by atoms with Crippen molar-refractivity contribution in [1.82, 2.24) is 34.8 Å². The molecule has 0 unspecified atom stereocenters. The smallest absolute Gasteiger partial charge is 0.217 e. The molecule has 9 heteroatoms. The van der Waals surface area contributed by atoms with E-state index in [0.29, 0.717) is 0 Å². The molecule has 0 bridgehead atoms. The number of thiazole rings is 1. The second-order valence-electron chi connectivity index (χ2n) is 4.82. The van der Waals surface area contributed by atoms with Crippen molar-refractivity contribution in [2.24, 2.45) is 0 Å². The number of hydrogen-bond acceptors (Lipinski definition) is 7. The molecule has 4 aromatic rings. The largest absolute Gasteiger partial charge is 0.260 e. The van der Waals surface area contributed by atoms with Gasteiger partial charge in [-0.3, -0.25) is 4.40 Å². The number of aromatic nitrogens is 7. The van der Waals surface area contributed by atoms with E-state index in [0.717, 1.165) is 34.7 Å². The number of benzene rings is 1. The Morgan fingerprint density at radius 2 is 2.09 bits per heavy atom. The average molecular weight is 331 g/mol. The SMILES string of the molecule is Cc1nnnn1CCCSc1nnc2sc3ccccc3n12. The first-order chi connectivity index (χ1) is 10.8. The third kappa shape index (κ3) is 2.35. The van der Waals surface area contributed by atoms with Gasteiger partial charge in [0.05, 0.1) is 10.2 Å². The normalized spacial score (nSPS) is 11.7. The maximum atomic E-state index is 4.30. The van der Waals surface area contributed by atoms with E-state index in [9.17, 15) is 0 Å². The highest BCUT2D eigenvalue weighted by Crippen LogP contribution is 2.29. The number of thioether (sulfide) groups is 1. The van der Waals surface area contributed by atoms with Gasteiger partial charge in [0, 0.05) is 12.3 Å². The molecule has 0 amide bonds. The standard InChI is InChI=1S/C13H13N7S2/c1-9-14-17-18-19(9)7-4-8-21-12-15-16-13-20(12)10-5-2-3-6-11(10)22-13/h2-3,5-6H,4,7-8H2,1H3. The van der Waals surface area contributed by atoms with Crippen LogP contribution in [0.25, 0.3) is 15.2 Å². The van der Waals surface area contributed by atoms with Gasteiger partial charge in [-0.25, -0.2) is 4.68 Å². The van der Waals surface area contributed by atoms with Crippen LogP contribution in [0.3, 0.4) is 0 Å². The molecular formula is C13H13N7S2. The van der Waals surface area contributed by atoms with Gasteiger partial charge < -0.3 is 0 Å². The van der Waals surface area contributed by atoms with Crippen molar-refractivity contribution in [2.75, 3.05) is 5.75 Å². The number of fused-ring (bicyclic) bond motifs is 3. The predicted octanol–water partition coefficient (Wildman–Crippen LogP) is 2.42. The van der Waals surface area contributed by atoms with Gasteiger partial charge >= 0.3 is 0 Å². The second-order valence-corrected chi connectivity index (χ2v) is 6.89. The molecule has 0 N–H and O–H groups in total. The molecule has 3 aromatic heterocycles. The fourth-order valence-electron chi connectivity index (χ4n) is 2.28. The van der Waals surface area contributed by atoms with E-state index in [1.807, 2.05) is 23.7 Å². The Morgan fingerprint density at radius 1 is 1.18 bits per heavy atom. The summed E-state index contributed by atoms with van der Waals surface area (Å²) in [5.41, 5.74) is 1.17. The minimum absolute atomic E-state index is 0.818. The van der Waals surface area contributed by atoms with Crippen LogP contribution in [0.1, 0.15) is 12.2 Å². The van der Waals surface area contributed by atoms with Crippen molar-refractivity contribution < 1.29 is 0 Å². The molecule has 0 radical (unpaired) electrons. The summed E-state index contributed by atoms with van der Waals surface area (Å²) in [5.74, 6) is 1.79. The molecule has 4 rings (SSSR count). The molecule has 1 aromatic carbocycles. The first kappa shape index (κ1) is 13.6. The minimum atomic E-state index is 0.818. The lowest BCUT2D eigenvalue weighted by molar-refractivity contribution is 0.568. The summed E-state index contributed by atoms with van der Waals surface area (Å²) < 4.78 is 5.19. The number of para-hydroxylation sites is 1. The lowest BCUT2D eigenvalue weighted by Gasteiger charge is -2.01. The van der Waals surface area contributed by atoms with Crippen molar-refractivity contribution in [3.63, 3.8) is 0 Å². The second kappa shape index (κ2) is 5.65. The van der Waals surface area contributed by atoms with E-state index in [1.54, 1.807) is 23.1 Å². The van der Waals surface area contributed by atoms with Crippen LogP contribution in [-0.2, 0) is 6.54 Å². The summed E-state index contributed by atoms with van der Waals surface area (Å²) >= 11 is 3.38. The Morgan fingerprint density at radius 3 is 2.95 bits per heavy atom. The van der Waals surface area contributed by atoms with Crippen LogP contribution in [0, 0.1) is 6.92 Å². The molecule has 7 nitrogen and oxygen atoms in total. The monoisotopic (exact) mass is 331 g/mol. The molecule has 0 saturated carbocycles. The van der Waals surface area contributed by atoms with Gasteiger partial charge in [0.1, 0.15) is 5.82 Å². The Bertz CT molecular complexity index is 923. The van der Waals surface area contributed by atoms with Crippen LogP contribution in [0.5, 0.6) is 0 Å². The van der Waals surface area contributed by atoms with Gasteiger partial charge in [0.15, 0.2) is 5.16 Å². The minimum Gasteiger partial charge on any atom is -0.260 e. The number of nitrogens with zero attached hydrogens (tertiary/aromatic N) is 7. The molecule has 0 saturated heterocycles. The molecule has 3 heterocycles. The topological polar surface area (TPSA) is 73.8 Å². The Labute approximate surface area is 134 Å². The molecule has 0 aliphatic rings. The fraction of sp³-hybridized carbons (Fsp3) is 0.308. The summed E-state index contributed by atoms with van der Waals surface area (Å²) in [6, 6.07) is 8.32. The molecular weight excluding hydrogens is 318 g/mol. The third-order valence-electron chi connectivity index (χ3n) is 3.37. The zero-order valence-electron chi connectivity index (χ0n) is 11.9. The highest BCUT2D eigenvalue weighted by molar-refractivity contribution is 7.99. The van der Waals surface area contributed by atoms with Gasteiger partial charge in [0.25, 0.3) is 0 Å². The summed E-state index contributed by atoms with van der Waals surface area (Å²) in [4.78, 5) is 0.944. The molecule has 22 heavy (non-hydrogen) atoms. The molecule has 0 fully saturated rings. The van der Waals surface area contributed by atoms with E-state index in [4.69, 9.17) is 0 Å². The fourth-order valence-corrected chi connectivity index (χ4v) is 4.17. The number of hydrogen-bond donors (Lipinski definition) is 0. The lowest BCUT2D eigenvalue weighted by atomic mass is 10.3. The zero-order chi connectivity index (χ0) is 14.9. The zero-order valence-corrected chi connectivity index (χ0v) is 13.5. The van der Waals surface area contributed by atoms with Gasteiger partial charge in [-0.05, 0) is 35.9 Å². The highest BCUT2D eigenvalue weighted by Gasteiger charge is 2.12. The van der Waals surface area contributed by atoms with Crippen LogP contribution in [0.15, 0.2) is 29.4 Å². The number of aryl methyl sites for hydroxylation is 2. The van der Waals surface area contributed by atoms with E-state index < -0.39 is 0 Å². The molecule has 0 atom stereocenters. The van der Waals surface area contributed by atoms with Crippen molar-refractivity contribution in [3.8, 4) is 0 Å². The lowest BCUT2D eigenvalue weighted by Crippen LogP contribution is -2.03. The van der Waals surface area contributed by atoms with Crippen LogP contribution in [0.4, 0.5) is 0 Å². The average Bonchev–Trinajstić information content (AvgIpc) is 3.20. The van der Waals surface area contributed by atoms with Crippen LogP contribution >= 0.6 is 23.1 Å². The Hall–Kier alpha value is -2.00. The first-order valence-corrected chi connectivity index (χ1v) is 8.71. The number of tetrazole rings is 1. The summed E-state index contributed by atoms with van der Waals surface area (Å²) in [6.07, 6.45) is 0.980. The van der Waals surface area contributed by atoms with Gasteiger partial charge in [-0.2, -0.15) is 0 Å². The first-order valence-electron chi connectivity index (χ1n) is 6.91. The van der Waals surface area contributed by atoms with E-state index >= 15 is 0 Å². The molecule has 0 aliphatic heterocycles. The summed E-state index contributed by atoms with van der Waals surface area (Å²) in [6.45, 7) is 2.73. The van der Waals surface area contributed by atoms with E-state index in [1.165, 1.54) is 10.2 Å². The quantitative estimate of drug-likeness (QED) is 0.413. The van der Waals surface area contributed by atoms with Gasteiger partial charge in [-0.1, -0.05) is 35.2 Å².